The standard InChI is InChI=1S/C15H13ClFNO3/c1-20-15(19)9-2-5-14(13(18)7-9)21-8-10-6-11(17)3-4-12(10)16/h2-7H,8,18H2,1H3. The maximum Gasteiger partial charge on any atom is 0.337 e. The second kappa shape index (κ2) is 6.45. The summed E-state index contributed by atoms with van der Waals surface area (Å²) >= 11 is 5.95. The Morgan fingerprint density at radius 3 is 2.71 bits per heavy atom. The molecule has 6 heteroatoms. The second-order valence-corrected chi connectivity index (χ2v) is 4.68. The highest BCUT2D eigenvalue weighted by Gasteiger charge is 2.10. The average Bonchev–Trinajstić information content (AvgIpc) is 2.48. The zero-order valence-corrected chi connectivity index (χ0v) is 12.0. The van der Waals surface area contributed by atoms with Crippen molar-refractivity contribution in [1.29, 1.82) is 0 Å². The lowest BCUT2D eigenvalue weighted by atomic mass is 10.2. The van der Waals surface area contributed by atoms with Crippen LogP contribution in [0.4, 0.5) is 10.1 Å². The highest BCUT2D eigenvalue weighted by atomic mass is 35.5. The van der Waals surface area contributed by atoms with Gasteiger partial charge in [-0.1, -0.05) is 11.6 Å². The van der Waals surface area contributed by atoms with Crippen LogP contribution in [0.15, 0.2) is 36.4 Å². The van der Waals surface area contributed by atoms with Crippen LogP contribution in [0.1, 0.15) is 15.9 Å². The van der Waals surface area contributed by atoms with Gasteiger partial charge in [0.05, 0.1) is 18.4 Å². The van der Waals surface area contributed by atoms with Gasteiger partial charge in [-0.2, -0.15) is 0 Å². The van der Waals surface area contributed by atoms with Gasteiger partial charge in [-0.15, -0.1) is 0 Å². The summed E-state index contributed by atoms with van der Waals surface area (Å²) in [4.78, 5) is 11.4. The summed E-state index contributed by atoms with van der Waals surface area (Å²) in [7, 11) is 1.29. The molecule has 0 spiro atoms. The van der Waals surface area contributed by atoms with Gasteiger partial charge in [0.1, 0.15) is 18.2 Å². The molecule has 0 aliphatic carbocycles. The molecule has 0 saturated carbocycles. The zero-order chi connectivity index (χ0) is 15.4. The van der Waals surface area contributed by atoms with E-state index in [0.29, 0.717) is 21.9 Å². The summed E-state index contributed by atoms with van der Waals surface area (Å²) in [6.45, 7) is 0.0678. The van der Waals surface area contributed by atoms with Crippen LogP contribution in [0, 0.1) is 5.82 Å². The first-order valence-corrected chi connectivity index (χ1v) is 6.43. The van der Waals surface area contributed by atoms with Crippen LogP contribution in [-0.4, -0.2) is 13.1 Å². The summed E-state index contributed by atoms with van der Waals surface area (Å²) in [5.41, 5.74) is 6.92. The Hall–Kier alpha value is -2.27. The number of carbonyl (C=O) groups is 1. The largest absolute Gasteiger partial charge is 0.487 e. The third kappa shape index (κ3) is 3.64. The van der Waals surface area contributed by atoms with Gasteiger partial charge in [-0.25, -0.2) is 9.18 Å². The van der Waals surface area contributed by atoms with Gasteiger partial charge in [0, 0.05) is 10.6 Å². The number of ether oxygens (including phenoxy) is 2. The van der Waals surface area contributed by atoms with E-state index in [1.165, 1.54) is 37.4 Å². The van der Waals surface area contributed by atoms with Crippen molar-refractivity contribution in [2.45, 2.75) is 6.61 Å². The molecule has 21 heavy (non-hydrogen) atoms. The fourth-order valence-electron chi connectivity index (χ4n) is 1.73. The van der Waals surface area contributed by atoms with Crippen molar-refractivity contribution < 1.29 is 18.7 Å². The monoisotopic (exact) mass is 309 g/mol. The molecule has 2 aromatic rings. The summed E-state index contributed by atoms with van der Waals surface area (Å²) in [5, 5.41) is 0.404. The molecule has 0 aliphatic heterocycles. The molecule has 0 amide bonds. The summed E-state index contributed by atoms with van der Waals surface area (Å²) in [6, 6.07) is 8.56. The zero-order valence-electron chi connectivity index (χ0n) is 11.2. The molecule has 0 aromatic heterocycles. The van der Waals surface area contributed by atoms with Crippen LogP contribution in [0.25, 0.3) is 0 Å². The first-order valence-electron chi connectivity index (χ1n) is 6.06. The number of anilines is 1. The van der Waals surface area contributed by atoms with Crippen LogP contribution < -0.4 is 10.5 Å². The van der Waals surface area contributed by atoms with Gasteiger partial charge in [0.15, 0.2) is 0 Å². The molecule has 2 rings (SSSR count). The summed E-state index contributed by atoms with van der Waals surface area (Å²) < 4.78 is 23.2. The minimum absolute atomic E-state index is 0.0678. The quantitative estimate of drug-likeness (QED) is 0.694. The highest BCUT2D eigenvalue weighted by Crippen LogP contribution is 2.25. The molecule has 0 unspecified atom stereocenters. The number of carbonyl (C=O) groups excluding carboxylic acids is 1. The van der Waals surface area contributed by atoms with Gasteiger partial charge in [0.25, 0.3) is 0 Å². The van der Waals surface area contributed by atoms with Crippen molar-refractivity contribution >= 4 is 23.3 Å². The molecular formula is C15H13ClFNO3. The number of nitrogens with two attached hydrogens (primary N) is 1. The lowest BCUT2D eigenvalue weighted by Gasteiger charge is -2.11. The number of benzene rings is 2. The van der Waals surface area contributed by atoms with Gasteiger partial charge in [-0.05, 0) is 36.4 Å². The van der Waals surface area contributed by atoms with Crippen LogP contribution in [-0.2, 0) is 11.3 Å². The maximum absolute atomic E-state index is 13.1. The van der Waals surface area contributed by atoms with E-state index >= 15 is 0 Å². The first kappa shape index (κ1) is 15.1. The average molecular weight is 310 g/mol. The van der Waals surface area contributed by atoms with E-state index in [-0.39, 0.29) is 12.3 Å². The van der Waals surface area contributed by atoms with Crippen molar-refractivity contribution in [2.24, 2.45) is 0 Å². The Morgan fingerprint density at radius 1 is 1.29 bits per heavy atom. The van der Waals surface area contributed by atoms with E-state index in [9.17, 15) is 9.18 Å². The van der Waals surface area contributed by atoms with Crippen LogP contribution >= 0.6 is 11.6 Å². The fourth-order valence-corrected chi connectivity index (χ4v) is 1.91. The second-order valence-electron chi connectivity index (χ2n) is 4.27. The molecule has 0 fully saturated rings. The van der Waals surface area contributed by atoms with E-state index in [2.05, 4.69) is 4.74 Å². The number of hydrogen-bond acceptors (Lipinski definition) is 4. The summed E-state index contributed by atoms with van der Waals surface area (Å²) in [5.74, 6) is -0.503. The molecule has 2 N–H and O–H groups in total. The predicted octanol–water partition coefficient (Wildman–Crippen LogP) is 3.43. The Labute approximate surface area is 126 Å². The fraction of sp³-hybridized carbons (Fsp3) is 0.133. The number of hydrogen-bond donors (Lipinski definition) is 1. The highest BCUT2D eigenvalue weighted by molar-refractivity contribution is 6.31. The van der Waals surface area contributed by atoms with Crippen LogP contribution in [0.3, 0.4) is 0 Å². The topological polar surface area (TPSA) is 61.5 Å². The molecule has 110 valence electrons. The molecule has 0 heterocycles. The molecule has 0 saturated heterocycles. The van der Waals surface area contributed by atoms with Crippen molar-refractivity contribution in [3.05, 3.63) is 58.4 Å². The Kier molecular flexibility index (Phi) is 4.65. The number of nitrogen functional groups attached to an aromatic ring is 1. The normalized spacial score (nSPS) is 10.2. The number of rotatable bonds is 4. The van der Waals surface area contributed by atoms with E-state index in [1.54, 1.807) is 6.07 Å². The summed E-state index contributed by atoms with van der Waals surface area (Å²) in [6.07, 6.45) is 0. The Morgan fingerprint density at radius 2 is 2.05 bits per heavy atom. The molecule has 2 aromatic carbocycles. The minimum atomic E-state index is -0.485. The molecular weight excluding hydrogens is 297 g/mol. The van der Waals surface area contributed by atoms with Gasteiger partial charge in [0.2, 0.25) is 0 Å². The SMILES string of the molecule is COC(=O)c1ccc(OCc2cc(F)ccc2Cl)c(N)c1. The van der Waals surface area contributed by atoms with Gasteiger partial charge >= 0.3 is 5.97 Å². The van der Waals surface area contributed by atoms with E-state index in [0.717, 1.165) is 0 Å². The van der Waals surface area contributed by atoms with Crippen molar-refractivity contribution in [2.75, 3.05) is 12.8 Å². The van der Waals surface area contributed by atoms with E-state index in [1.807, 2.05) is 0 Å². The maximum atomic E-state index is 13.1. The lowest BCUT2D eigenvalue weighted by molar-refractivity contribution is 0.0600. The molecule has 0 radical (unpaired) electrons. The van der Waals surface area contributed by atoms with E-state index < -0.39 is 11.8 Å². The molecule has 0 atom stereocenters. The number of esters is 1. The molecule has 4 nitrogen and oxygen atoms in total. The smallest absolute Gasteiger partial charge is 0.337 e. The van der Waals surface area contributed by atoms with Crippen molar-refractivity contribution in [3.63, 3.8) is 0 Å². The van der Waals surface area contributed by atoms with Crippen LogP contribution in [0.2, 0.25) is 5.02 Å². The van der Waals surface area contributed by atoms with E-state index in [4.69, 9.17) is 22.1 Å². The number of methoxy groups -OCH3 is 1. The molecule has 0 bridgehead atoms. The Balaban J connectivity index is 2.13. The predicted molar refractivity (Wildman–Crippen MR) is 77.9 cm³/mol. The lowest BCUT2D eigenvalue weighted by Crippen LogP contribution is -2.04. The van der Waals surface area contributed by atoms with Gasteiger partial charge in [-0.3, -0.25) is 0 Å². The van der Waals surface area contributed by atoms with Crippen molar-refractivity contribution in [3.8, 4) is 5.75 Å². The molecule has 0 aliphatic rings. The van der Waals surface area contributed by atoms with Crippen LogP contribution in [0.5, 0.6) is 5.75 Å². The third-order valence-corrected chi connectivity index (χ3v) is 3.19. The van der Waals surface area contributed by atoms with Gasteiger partial charge < -0.3 is 15.2 Å². The Bertz CT molecular complexity index is 676. The first-order chi connectivity index (χ1) is 10.0. The minimum Gasteiger partial charge on any atom is -0.487 e. The van der Waals surface area contributed by atoms with Crippen molar-refractivity contribution in [1.82, 2.24) is 0 Å². The number of halogens is 2. The third-order valence-electron chi connectivity index (χ3n) is 2.82.